The highest BCUT2D eigenvalue weighted by molar-refractivity contribution is 6.35. The van der Waals surface area contributed by atoms with Crippen molar-refractivity contribution >= 4 is 35.6 Å². The van der Waals surface area contributed by atoms with E-state index in [1.54, 1.807) is 6.07 Å². The zero-order valence-corrected chi connectivity index (χ0v) is 12.3. The van der Waals surface area contributed by atoms with Gasteiger partial charge in [0.1, 0.15) is 0 Å². The van der Waals surface area contributed by atoms with Gasteiger partial charge in [0, 0.05) is 33.8 Å². The summed E-state index contributed by atoms with van der Waals surface area (Å²) >= 11 is 12.0. The Hall–Kier alpha value is -0.800. The second-order valence-corrected chi connectivity index (χ2v) is 5.51. The van der Waals surface area contributed by atoms with E-state index in [-0.39, 0.29) is 12.4 Å². The monoisotopic (exact) mass is 314 g/mol. The van der Waals surface area contributed by atoms with Crippen molar-refractivity contribution < 1.29 is 0 Å². The van der Waals surface area contributed by atoms with Gasteiger partial charge in [-0.1, -0.05) is 29.3 Å². The maximum absolute atomic E-state index is 5.98. The van der Waals surface area contributed by atoms with Crippen molar-refractivity contribution in [3.8, 4) is 11.3 Å². The summed E-state index contributed by atoms with van der Waals surface area (Å²) in [7, 11) is 0. The van der Waals surface area contributed by atoms with Crippen LogP contribution in [0, 0.1) is 0 Å². The Morgan fingerprint density at radius 2 is 1.74 bits per heavy atom. The van der Waals surface area contributed by atoms with Crippen LogP contribution in [0.4, 0.5) is 0 Å². The average Bonchev–Trinajstić information content (AvgIpc) is 3.05. The number of hydrogen-bond donors (Lipinski definition) is 1. The van der Waals surface area contributed by atoms with E-state index in [1.807, 2.05) is 24.4 Å². The lowest BCUT2D eigenvalue weighted by Gasteiger charge is -2.04. The van der Waals surface area contributed by atoms with Crippen LogP contribution in [0.3, 0.4) is 0 Å². The Balaban J connectivity index is 0.00000133. The zero-order chi connectivity index (χ0) is 12.7. The molecule has 1 heterocycles. The van der Waals surface area contributed by atoms with Crippen LogP contribution in [-0.2, 0) is 0 Å². The summed E-state index contributed by atoms with van der Waals surface area (Å²) in [6.07, 6.45) is 2.95. The second-order valence-electron chi connectivity index (χ2n) is 4.64. The van der Waals surface area contributed by atoms with E-state index in [9.17, 15) is 0 Å². The van der Waals surface area contributed by atoms with Crippen LogP contribution in [0.15, 0.2) is 36.5 Å². The van der Waals surface area contributed by atoms with Crippen molar-refractivity contribution in [2.24, 2.45) is 5.73 Å². The first-order valence-electron chi connectivity index (χ1n) is 5.81. The Kier molecular flexibility index (Phi) is 4.36. The fourth-order valence-corrected chi connectivity index (χ4v) is 2.62. The summed E-state index contributed by atoms with van der Waals surface area (Å²) in [5.41, 5.74) is 8.83. The van der Waals surface area contributed by atoms with Crippen molar-refractivity contribution in [3.63, 3.8) is 0 Å². The Morgan fingerprint density at radius 3 is 2.21 bits per heavy atom. The predicted octanol–water partition coefficient (Wildman–Crippen LogP) is 4.29. The zero-order valence-electron chi connectivity index (χ0n) is 10.0. The van der Waals surface area contributed by atoms with Crippen molar-refractivity contribution in [2.45, 2.75) is 18.4 Å². The quantitative estimate of drug-likeness (QED) is 0.897. The van der Waals surface area contributed by atoms with E-state index >= 15 is 0 Å². The molecule has 100 valence electrons. The number of nitrogens with zero attached hydrogens (tertiary/aromatic N) is 1. The van der Waals surface area contributed by atoms with Gasteiger partial charge in [0.2, 0.25) is 0 Å². The largest absolute Gasteiger partial charge is 0.327 e. The molecule has 2 N–H and O–H groups in total. The van der Waals surface area contributed by atoms with Crippen molar-refractivity contribution in [1.82, 2.24) is 4.98 Å². The van der Waals surface area contributed by atoms with E-state index in [0.29, 0.717) is 22.0 Å². The lowest BCUT2D eigenvalue weighted by Crippen LogP contribution is -2.01. The van der Waals surface area contributed by atoms with Crippen LogP contribution in [0.25, 0.3) is 11.3 Å². The van der Waals surface area contributed by atoms with Crippen LogP contribution in [0.5, 0.6) is 0 Å². The first-order valence-corrected chi connectivity index (χ1v) is 6.57. The summed E-state index contributed by atoms with van der Waals surface area (Å²) < 4.78 is 0. The third kappa shape index (κ3) is 3.21. The standard InChI is InChI=1S/C14H12Cl2N2.ClH/c15-10-3-9(4-11(16)5-10)14-2-1-8(7-18-14)12-6-13(12)17;/h1-5,7,12-13H,6,17H2;1H. The fourth-order valence-electron chi connectivity index (χ4n) is 2.10. The van der Waals surface area contributed by atoms with Gasteiger partial charge in [-0.3, -0.25) is 4.98 Å². The molecule has 1 aliphatic rings. The molecule has 1 aliphatic carbocycles. The highest BCUT2D eigenvalue weighted by Gasteiger charge is 2.34. The Labute approximate surface area is 128 Å². The van der Waals surface area contributed by atoms with Gasteiger partial charge < -0.3 is 5.73 Å². The third-order valence-corrected chi connectivity index (χ3v) is 3.65. The van der Waals surface area contributed by atoms with E-state index < -0.39 is 0 Å². The van der Waals surface area contributed by atoms with Crippen LogP contribution >= 0.6 is 35.6 Å². The minimum Gasteiger partial charge on any atom is -0.327 e. The molecule has 2 unspecified atom stereocenters. The van der Waals surface area contributed by atoms with Gasteiger partial charge in [-0.2, -0.15) is 0 Å². The van der Waals surface area contributed by atoms with Gasteiger partial charge in [-0.05, 0) is 36.2 Å². The minimum absolute atomic E-state index is 0. The van der Waals surface area contributed by atoms with Gasteiger partial charge >= 0.3 is 0 Å². The lowest BCUT2D eigenvalue weighted by atomic mass is 10.1. The molecule has 0 saturated heterocycles. The summed E-state index contributed by atoms with van der Waals surface area (Å²) in [5, 5.41) is 1.24. The lowest BCUT2D eigenvalue weighted by molar-refractivity contribution is 0.981. The molecule has 1 aromatic heterocycles. The molecule has 0 spiro atoms. The first-order chi connectivity index (χ1) is 8.63. The van der Waals surface area contributed by atoms with Crippen molar-refractivity contribution in [2.75, 3.05) is 0 Å². The van der Waals surface area contributed by atoms with Crippen LogP contribution in [-0.4, -0.2) is 11.0 Å². The van der Waals surface area contributed by atoms with E-state index in [2.05, 4.69) is 11.1 Å². The van der Waals surface area contributed by atoms with Gasteiger partial charge in [-0.15, -0.1) is 12.4 Å². The van der Waals surface area contributed by atoms with E-state index in [1.165, 1.54) is 5.56 Å². The van der Waals surface area contributed by atoms with Gasteiger partial charge in [0.05, 0.1) is 5.69 Å². The SMILES string of the molecule is Cl.NC1CC1c1ccc(-c2cc(Cl)cc(Cl)c2)nc1. The molecule has 1 fully saturated rings. The number of hydrogen-bond acceptors (Lipinski definition) is 2. The third-order valence-electron chi connectivity index (χ3n) is 3.21. The maximum atomic E-state index is 5.98. The van der Waals surface area contributed by atoms with E-state index in [0.717, 1.165) is 17.7 Å². The van der Waals surface area contributed by atoms with E-state index in [4.69, 9.17) is 28.9 Å². The molecular formula is C14H13Cl3N2. The molecule has 2 nitrogen and oxygen atoms in total. The normalized spacial score (nSPS) is 20.8. The molecule has 1 aromatic carbocycles. The summed E-state index contributed by atoms with van der Waals surface area (Å²) in [4.78, 5) is 4.45. The number of rotatable bonds is 2. The molecule has 0 amide bonds. The summed E-state index contributed by atoms with van der Waals surface area (Å²) in [5.74, 6) is 0.481. The number of benzene rings is 1. The molecular weight excluding hydrogens is 303 g/mol. The average molecular weight is 316 g/mol. The van der Waals surface area contributed by atoms with Crippen LogP contribution in [0.2, 0.25) is 10.0 Å². The fraction of sp³-hybridized carbons (Fsp3) is 0.214. The molecule has 0 aliphatic heterocycles. The van der Waals surface area contributed by atoms with Gasteiger partial charge in [0.15, 0.2) is 0 Å². The van der Waals surface area contributed by atoms with Gasteiger partial charge in [0.25, 0.3) is 0 Å². The molecule has 19 heavy (non-hydrogen) atoms. The highest BCUT2D eigenvalue weighted by Crippen LogP contribution is 2.39. The molecule has 0 radical (unpaired) electrons. The Bertz CT molecular complexity index is 563. The van der Waals surface area contributed by atoms with Crippen molar-refractivity contribution in [1.29, 1.82) is 0 Å². The molecule has 5 heteroatoms. The smallest absolute Gasteiger partial charge is 0.0703 e. The number of pyridine rings is 1. The van der Waals surface area contributed by atoms with Crippen LogP contribution < -0.4 is 5.73 Å². The molecule has 3 rings (SSSR count). The summed E-state index contributed by atoms with van der Waals surface area (Å²) in [6.45, 7) is 0. The molecule has 0 bridgehead atoms. The first kappa shape index (κ1) is 14.6. The Morgan fingerprint density at radius 1 is 1.11 bits per heavy atom. The van der Waals surface area contributed by atoms with Gasteiger partial charge in [-0.25, -0.2) is 0 Å². The second kappa shape index (κ2) is 5.68. The minimum atomic E-state index is 0. The number of halogens is 3. The van der Waals surface area contributed by atoms with Crippen LogP contribution in [0.1, 0.15) is 17.9 Å². The van der Waals surface area contributed by atoms with Crippen molar-refractivity contribution in [3.05, 3.63) is 52.1 Å². The predicted molar refractivity (Wildman–Crippen MR) is 82.3 cm³/mol. The highest BCUT2D eigenvalue weighted by atomic mass is 35.5. The topological polar surface area (TPSA) is 38.9 Å². The number of nitrogens with two attached hydrogens (primary N) is 1. The molecule has 2 aromatic rings. The maximum Gasteiger partial charge on any atom is 0.0703 e. The molecule has 2 atom stereocenters. The number of aromatic nitrogens is 1. The molecule has 1 saturated carbocycles. The summed E-state index contributed by atoms with van der Waals surface area (Å²) in [6, 6.07) is 9.80.